The van der Waals surface area contributed by atoms with Crippen LogP contribution in [0.2, 0.25) is 0 Å². The van der Waals surface area contributed by atoms with Crippen LogP contribution in [0.5, 0.6) is 5.75 Å². The number of carbonyl (C=O) groups is 1. The Hall–Kier alpha value is -1.10. The maximum Gasteiger partial charge on any atom is 0.223 e. The summed E-state index contributed by atoms with van der Waals surface area (Å²) in [6, 6.07) is 3.53. The summed E-state index contributed by atoms with van der Waals surface area (Å²) in [5.41, 5.74) is 5.09. The molecule has 1 aromatic heterocycles. The Morgan fingerprint density at radius 2 is 2.50 bits per heavy atom. The molecule has 0 aliphatic heterocycles. The lowest BCUT2D eigenvalue weighted by Crippen LogP contribution is -2.25. The van der Waals surface area contributed by atoms with Gasteiger partial charge in [0, 0.05) is 6.20 Å². The van der Waals surface area contributed by atoms with Crippen molar-refractivity contribution >= 4 is 21.8 Å². The zero-order valence-corrected chi connectivity index (χ0v) is 9.32. The molecule has 1 amide bonds. The molecule has 1 unspecified atom stereocenters. The Bertz CT molecular complexity index is 330. The van der Waals surface area contributed by atoms with Gasteiger partial charge in [-0.25, -0.2) is 4.98 Å². The molecule has 4 nitrogen and oxygen atoms in total. The van der Waals surface area contributed by atoms with Crippen molar-refractivity contribution < 1.29 is 9.53 Å². The molecule has 0 radical (unpaired) electrons. The topological polar surface area (TPSA) is 65.2 Å². The molecule has 1 heterocycles. The van der Waals surface area contributed by atoms with Gasteiger partial charge < -0.3 is 10.5 Å². The number of nitrogens with two attached hydrogens (primary N) is 1. The van der Waals surface area contributed by atoms with Crippen LogP contribution >= 0.6 is 15.9 Å². The number of ether oxygens (including phenoxy) is 1. The Kier molecular flexibility index (Phi) is 3.88. The first-order valence-electron chi connectivity index (χ1n) is 4.14. The summed E-state index contributed by atoms with van der Waals surface area (Å²) in [5, 5.41) is 0. The summed E-state index contributed by atoms with van der Waals surface area (Å²) in [6.45, 7) is 1.98. The molecule has 0 aliphatic rings. The number of carbonyl (C=O) groups excluding carboxylic acids is 1. The summed E-state index contributed by atoms with van der Waals surface area (Å²) in [6.07, 6.45) is 1.65. The highest BCUT2D eigenvalue weighted by Gasteiger charge is 2.10. The Labute approximate surface area is 90.6 Å². The predicted molar refractivity (Wildman–Crippen MR) is 55.8 cm³/mol. The zero-order valence-electron chi connectivity index (χ0n) is 7.74. The van der Waals surface area contributed by atoms with Crippen molar-refractivity contribution in [1.29, 1.82) is 0 Å². The van der Waals surface area contributed by atoms with Crippen molar-refractivity contribution in [3.8, 4) is 5.75 Å². The second-order valence-corrected chi connectivity index (χ2v) is 3.66. The van der Waals surface area contributed by atoms with E-state index in [2.05, 4.69) is 20.9 Å². The summed E-state index contributed by atoms with van der Waals surface area (Å²) in [5.74, 6) is -0.0623. The lowest BCUT2D eigenvalue weighted by molar-refractivity contribution is -0.122. The monoisotopic (exact) mass is 258 g/mol. The van der Waals surface area contributed by atoms with Crippen molar-refractivity contribution in [1.82, 2.24) is 4.98 Å². The van der Waals surface area contributed by atoms with Gasteiger partial charge in [0.2, 0.25) is 5.91 Å². The fourth-order valence-corrected chi connectivity index (χ4v) is 1.14. The molecule has 2 N–H and O–H groups in total. The first-order valence-corrected chi connectivity index (χ1v) is 4.93. The van der Waals surface area contributed by atoms with Gasteiger partial charge in [-0.05, 0) is 28.1 Å². The summed E-state index contributed by atoms with van der Waals surface area (Å²) in [7, 11) is 0. The fourth-order valence-electron chi connectivity index (χ4n) is 0.776. The average Bonchev–Trinajstić information content (AvgIpc) is 2.16. The first-order chi connectivity index (χ1) is 6.61. The third kappa shape index (κ3) is 2.99. The zero-order chi connectivity index (χ0) is 10.6. The highest BCUT2D eigenvalue weighted by Crippen LogP contribution is 2.21. The Balaban J connectivity index is 2.54. The van der Waals surface area contributed by atoms with Gasteiger partial charge in [0.05, 0.1) is 12.5 Å². The second kappa shape index (κ2) is 4.95. The molecule has 1 rings (SSSR count). The number of hydrogen-bond donors (Lipinski definition) is 1. The van der Waals surface area contributed by atoms with E-state index in [1.807, 2.05) is 0 Å². The van der Waals surface area contributed by atoms with E-state index in [-0.39, 0.29) is 18.4 Å². The van der Waals surface area contributed by atoms with E-state index >= 15 is 0 Å². The number of halogens is 1. The van der Waals surface area contributed by atoms with E-state index in [0.29, 0.717) is 10.4 Å². The molecular weight excluding hydrogens is 248 g/mol. The van der Waals surface area contributed by atoms with E-state index in [1.54, 1.807) is 25.3 Å². The van der Waals surface area contributed by atoms with Gasteiger partial charge in [0.15, 0.2) is 5.75 Å². The van der Waals surface area contributed by atoms with Crippen molar-refractivity contribution in [3.05, 3.63) is 22.9 Å². The number of rotatable bonds is 4. The summed E-state index contributed by atoms with van der Waals surface area (Å²) >= 11 is 3.23. The standard InChI is InChI=1S/C9H11BrN2O2/c1-6(9(11)13)5-14-7-3-2-4-12-8(7)10/h2-4,6H,5H2,1H3,(H2,11,13). The molecule has 0 aliphatic carbocycles. The minimum absolute atomic E-state index is 0.264. The second-order valence-electron chi connectivity index (χ2n) is 2.91. The first kappa shape index (κ1) is 11.0. The normalized spacial score (nSPS) is 12.1. The van der Waals surface area contributed by atoms with Gasteiger partial charge in [-0.2, -0.15) is 0 Å². The SMILES string of the molecule is CC(COc1cccnc1Br)C(N)=O. The fraction of sp³-hybridized carbons (Fsp3) is 0.333. The van der Waals surface area contributed by atoms with Gasteiger partial charge in [-0.3, -0.25) is 4.79 Å². The molecule has 0 spiro atoms. The third-order valence-corrected chi connectivity index (χ3v) is 2.29. The van der Waals surface area contributed by atoms with E-state index in [0.717, 1.165) is 0 Å². The minimum Gasteiger partial charge on any atom is -0.490 e. The van der Waals surface area contributed by atoms with E-state index in [4.69, 9.17) is 10.5 Å². The lowest BCUT2D eigenvalue weighted by Gasteiger charge is -2.10. The van der Waals surface area contributed by atoms with Crippen molar-refractivity contribution in [2.75, 3.05) is 6.61 Å². The van der Waals surface area contributed by atoms with Crippen LogP contribution in [0.3, 0.4) is 0 Å². The van der Waals surface area contributed by atoms with Crippen molar-refractivity contribution in [2.24, 2.45) is 11.7 Å². The van der Waals surface area contributed by atoms with Crippen molar-refractivity contribution in [2.45, 2.75) is 6.92 Å². The molecule has 76 valence electrons. The number of aromatic nitrogens is 1. The quantitative estimate of drug-likeness (QED) is 0.830. The third-order valence-electron chi connectivity index (χ3n) is 1.70. The van der Waals surface area contributed by atoms with Crippen LogP contribution in [0.25, 0.3) is 0 Å². The van der Waals surface area contributed by atoms with E-state index in [9.17, 15) is 4.79 Å². The molecule has 0 fully saturated rings. The Morgan fingerprint density at radius 1 is 1.79 bits per heavy atom. The van der Waals surface area contributed by atoms with E-state index < -0.39 is 0 Å². The van der Waals surface area contributed by atoms with Crippen LogP contribution in [0.1, 0.15) is 6.92 Å². The molecule has 1 aromatic rings. The molecule has 0 bridgehead atoms. The highest BCUT2D eigenvalue weighted by molar-refractivity contribution is 9.10. The summed E-state index contributed by atoms with van der Waals surface area (Å²) < 4.78 is 5.97. The lowest BCUT2D eigenvalue weighted by atomic mass is 10.2. The maximum absolute atomic E-state index is 10.7. The molecule has 14 heavy (non-hydrogen) atoms. The van der Waals surface area contributed by atoms with Crippen LogP contribution in [0.4, 0.5) is 0 Å². The summed E-state index contributed by atoms with van der Waals surface area (Å²) in [4.78, 5) is 14.7. The number of amides is 1. The van der Waals surface area contributed by atoms with Gasteiger partial charge in [-0.1, -0.05) is 6.92 Å². The van der Waals surface area contributed by atoms with Crippen LogP contribution in [0, 0.1) is 5.92 Å². The molecular formula is C9H11BrN2O2. The smallest absolute Gasteiger partial charge is 0.223 e. The number of nitrogens with zero attached hydrogens (tertiary/aromatic N) is 1. The van der Waals surface area contributed by atoms with Gasteiger partial charge in [0.25, 0.3) is 0 Å². The average molecular weight is 259 g/mol. The van der Waals surface area contributed by atoms with Crippen LogP contribution < -0.4 is 10.5 Å². The number of pyridine rings is 1. The van der Waals surface area contributed by atoms with Crippen LogP contribution in [-0.2, 0) is 4.79 Å². The minimum atomic E-state index is -0.370. The largest absolute Gasteiger partial charge is 0.490 e. The Morgan fingerprint density at radius 3 is 3.07 bits per heavy atom. The molecule has 0 saturated carbocycles. The van der Waals surface area contributed by atoms with Crippen LogP contribution in [-0.4, -0.2) is 17.5 Å². The predicted octanol–water partition coefficient (Wildman–Crippen LogP) is 1.34. The number of hydrogen-bond acceptors (Lipinski definition) is 3. The van der Waals surface area contributed by atoms with Gasteiger partial charge in [-0.15, -0.1) is 0 Å². The molecule has 5 heteroatoms. The van der Waals surface area contributed by atoms with Crippen molar-refractivity contribution in [3.63, 3.8) is 0 Å². The van der Waals surface area contributed by atoms with Gasteiger partial charge >= 0.3 is 0 Å². The van der Waals surface area contributed by atoms with Gasteiger partial charge in [0.1, 0.15) is 4.60 Å². The highest BCUT2D eigenvalue weighted by atomic mass is 79.9. The molecule has 0 aromatic carbocycles. The molecule has 0 saturated heterocycles. The number of primary amides is 1. The van der Waals surface area contributed by atoms with Crippen LogP contribution in [0.15, 0.2) is 22.9 Å². The molecule has 1 atom stereocenters. The van der Waals surface area contributed by atoms with E-state index in [1.165, 1.54) is 0 Å². The maximum atomic E-state index is 10.7.